The Morgan fingerprint density at radius 1 is 1.21 bits per heavy atom. The molecule has 0 radical (unpaired) electrons. The van der Waals surface area contributed by atoms with E-state index in [1.54, 1.807) is 12.3 Å². The second-order valence-electron chi connectivity index (χ2n) is 5.22. The SMILES string of the molecule is O=C(Nc1nc(-c2ccco2)cs1)C1=NO[C@@H](c2ccccc2)C1. The van der Waals surface area contributed by atoms with Gasteiger partial charge in [-0.2, -0.15) is 0 Å². The summed E-state index contributed by atoms with van der Waals surface area (Å²) in [5.41, 5.74) is 2.05. The van der Waals surface area contributed by atoms with Crippen molar-refractivity contribution in [3.63, 3.8) is 0 Å². The number of furan rings is 1. The largest absolute Gasteiger partial charge is 0.463 e. The summed E-state index contributed by atoms with van der Waals surface area (Å²) in [6.07, 6.45) is 1.80. The average molecular weight is 339 g/mol. The van der Waals surface area contributed by atoms with E-state index in [0.717, 1.165) is 5.56 Å². The van der Waals surface area contributed by atoms with Crippen LogP contribution in [0.25, 0.3) is 11.5 Å². The Hall–Kier alpha value is -2.93. The number of thiazole rings is 1. The molecule has 1 atom stereocenters. The van der Waals surface area contributed by atoms with Crippen LogP contribution in [0.2, 0.25) is 0 Å². The lowest BCUT2D eigenvalue weighted by molar-refractivity contribution is -0.110. The van der Waals surface area contributed by atoms with Crippen molar-refractivity contribution in [1.29, 1.82) is 0 Å². The van der Waals surface area contributed by atoms with Crippen LogP contribution in [0, 0.1) is 0 Å². The highest BCUT2D eigenvalue weighted by atomic mass is 32.1. The molecule has 1 aliphatic heterocycles. The molecule has 3 heterocycles. The maximum absolute atomic E-state index is 12.3. The van der Waals surface area contributed by atoms with Gasteiger partial charge in [0.05, 0.1) is 6.26 Å². The third-order valence-electron chi connectivity index (χ3n) is 3.60. The molecule has 3 aromatic rings. The Kier molecular flexibility index (Phi) is 3.84. The summed E-state index contributed by atoms with van der Waals surface area (Å²) in [6, 6.07) is 13.3. The van der Waals surface area contributed by atoms with E-state index in [1.807, 2.05) is 41.8 Å². The van der Waals surface area contributed by atoms with Gasteiger partial charge in [-0.05, 0) is 17.7 Å². The van der Waals surface area contributed by atoms with E-state index >= 15 is 0 Å². The molecule has 1 aliphatic rings. The monoisotopic (exact) mass is 339 g/mol. The van der Waals surface area contributed by atoms with Gasteiger partial charge in [0.1, 0.15) is 11.4 Å². The first-order valence-corrected chi connectivity index (χ1v) is 8.26. The van der Waals surface area contributed by atoms with Gasteiger partial charge in [0.25, 0.3) is 5.91 Å². The maximum Gasteiger partial charge on any atom is 0.275 e. The first kappa shape index (κ1) is 14.6. The summed E-state index contributed by atoms with van der Waals surface area (Å²) >= 11 is 1.33. The van der Waals surface area contributed by atoms with Gasteiger partial charge in [0.15, 0.2) is 17.0 Å². The minimum Gasteiger partial charge on any atom is -0.463 e. The molecule has 6 nitrogen and oxygen atoms in total. The molecule has 0 fully saturated rings. The fourth-order valence-corrected chi connectivity index (χ4v) is 3.09. The summed E-state index contributed by atoms with van der Waals surface area (Å²) < 4.78 is 5.29. The lowest BCUT2D eigenvalue weighted by atomic mass is 10.0. The third-order valence-corrected chi connectivity index (χ3v) is 4.36. The summed E-state index contributed by atoms with van der Waals surface area (Å²) in [7, 11) is 0. The molecule has 0 saturated heterocycles. The molecule has 120 valence electrons. The zero-order valence-electron chi connectivity index (χ0n) is 12.5. The molecule has 4 rings (SSSR count). The summed E-state index contributed by atoms with van der Waals surface area (Å²) in [6.45, 7) is 0. The number of hydrogen-bond donors (Lipinski definition) is 1. The van der Waals surface area contributed by atoms with E-state index in [-0.39, 0.29) is 12.0 Å². The normalized spacial score (nSPS) is 16.5. The zero-order chi connectivity index (χ0) is 16.4. The summed E-state index contributed by atoms with van der Waals surface area (Å²) in [4.78, 5) is 22.0. The van der Waals surface area contributed by atoms with Gasteiger partial charge in [-0.3, -0.25) is 10.1 Å². The smallest absolute Gasteiger partial charge is 0.275 e. The number of hydrogen-bond acceptors (Lipinski definition) is 6. The van der Waals surface area contributed by atoms with Crippen molar-refractivity contribution in [2.45, 2.75) is 12.5 Å². The minimum absolute atomic E-state index is 0.220. The van der Waals surface area contributed by atoms with Gasteiger partial charge in [-0.1, -0.05) is 35.5 Å². The minimum atomic E-state index is -0.297. The van der Waals surface area contributed by atoms with Crippen LogP contribution in [-0.4, -0.2) is 16.6 Å². The molecule has 0 unspecified atom stereocenters. The van der Waals surface area contributed by atoms with Gasteiger partial charge in [-0.15, -0.1) is 11.3 Å². The average Bonchev–Trinajstić information content (AvgIpc) is 3.36. The van der Waals surface area contributed by atoms with E-state index in [2.05, 4.69) is 15.5 Å². The fourth-order valence-electron chi connectivity index (χ4n) is 2.40. The molecule has 0 bridgehead atoms. The maximum atomic E-state index is 12.3. The highest BCUT2D eigenvalue weighted by Crippen LogP contribution is 2.28. The number of benzene rings is 1. The first-order chi connectivity index (χ1) is 11.8. The Bertz CT molecular complexity index is 872. The fraction of sp³-hybridized carbons (Fsp3) is 0.118. The number of nitrogens with one attached hydrogen (secondary N) is 1. The standard InChI is InChI=1S/C17H13N3O3S/c21-16(12-9-15(23-20-12)11-5-2-1-3-6-11)19-17-18-13(10-24-17)14-7-4-8-22-14/h1-8,10,15H,9H2,(H,18,19,21)/t15-/m1/s1. The second kappa shape index (κ2) is 6.29. The second-order valence-corrected chi connectivity index (χ2v) is 6.07. The molecular weight excluding hydrogens is 326 g/mol. The Morgan fingerprint density at radius 3 is 2.88 bits per heavy atom. The van der Waals surface area contributed by atoms with E-state index in [9.17, 15) is 4.79 Å². The number of aromatic nitrogens is 1. The third kappa shape index (κ3) is 2.93. The topological polar surface area (TPSA) is 76.7 Å². The van der Waals surface area contributed by atoms with Crippen LogP contribution in [0.1, 0.15) is 18.1 Å². The Labute approximate surface area is 141 Å². The predicted molar refractivity (Wildman–Crippen MR) is 90.8 cm³/mol. The summed E-state index contributed by atoms with van der Waals surface area (Å²) in [5, 5.41) is 8.99. The van der Waals surface area contributed by atoms with Crippen LogP contribution in [-0.2, 0) is 9.63 Å². The van der Waals surface area contributed by atoms with Crippen molar-refractivity contribution in [3.8, 4) is 11.5 Å². The van der Waals surface area contributed by atoms with E-state index < -0.39 is 0 Å². The van der Waals surface area contributed by atoms with Crippen LogP contribution in [0.4, 0.5) is 5.13 Å². The van der Waals surface area contributed by atoms with Crippen molar-refractivity contribution in [1.82, 2.24) is 4.98 Å². The molecule has 0 aliphatic carbocycles. The molecule has 2 aromatic heterocycles. The molecule has 1 N–H and O–H groups in total. The number of rotatable bonds is 4. The van der Waals surface area contributed by atoms with Gasteiger partial charge >= 0.3 is 0 Å². The molecular formula is C17H13N3O3S. The predicted octanol–water partition coefficient (Wildman–Crippen LogP) is 3.86. The quantitative estimate of drug-likeness (QED) is 0.783. The van der Waals surface area contributed by atoms with Crippen LogP contribution in [0.3, 0.4) is 0 Å². The van der Waals surface area contributed by atoms with Crippen molar-refractivity contribution >= 4 is 28.1 Å². The first-order valence-electron chi connectivity index (χ1n) is 7.38. The van der Waals surface area contributed by atoms with Crippen LogP contribution < -0.4 is 5.32 Å². The number of nitrogens with zero attached hydrogens (tertiary/aromatic N) is 2. The lowest BCUT2D eigenvalue weighted by Crippen LogP contribution is -2.21. The van der Waals surface area contributed by atoms with Gasteiger partial charge in [-0.25, -0.2) is 4.98 Å². The molecule has 1 aromatic carbocycles. The number of amides is 1. The van der Waals surface area contributed by atoms with Crippen molar-refractivity contribution in [3.05, 3.63) is 59.7 Å². The molecule has 0 saturated carbocycles. The van der Waals surface area contributed by atoms with Crippen LogP contribution in [0.15, 0.2) is 63.7 Å². The van der Waals surface area contributed by atoms with E-state index in [4.69, 9.17) is 9.25 Å². The van der Waals surface area contributed by atoms with E-state index in [0.29, 0.717) is 28.7 Å². The van der Waals surface area contributed by atoms with Gasteiger partial charge in [0.2, 0.25) is 0 Å². The Balaban J connectivity index is 1.40. The van der Waals surface area contributed by atoms with Gasteiger partial charge < -0.3 is 9.25 Å². The molecule has 24 heavy (non-hydrogen) atoms. The molecule has 1 amide bonds. The number of oxime groups is 1. The lowest BCUT2D eigenvalue weighted by Gasteiger charge is -2.07. The van der Waals surface area contributed by atoms with E-state index in [1.165, 1.54) is 11.3 Å². The molecule has 7 heteroatoms. The number of carbonyl (C=O) groups excluding carboxylic acids is 1. The van der Waals surface area contributed by atoms with Crippen molar-refractivity contribution < 1.29 is 14.0 Å². The highest BCUT2D eigenvalue weighted by molar-refractivity contribution is 7.14. The number of anilines is 1. The Morgan fingerprint density at radius 2 is 2.08 bits per heavy atom. The van der Waals surface area contributed by atoms with Crippen molar-refractivity contribution in [2.75, 3.05) is 5.32 Å². The number of carbonyl (C=O) groups is 1. The zero-order valence-corrected chi connectivity index (χ0v) is 13.3. The van der Waals surface area contributed by atoms with Gasteiger partial charge in [0, 0.05) is 11.8 Å². The van der Waals surface area contributed by atoms with Crippen molar-refractivity contribution in [2.24, 2.45) is 5.16 Å². The molecule has 0 spiro atoms. The highest BCUT2D eigenvalue weighted by Gasteiger charge is 2.27. The van der Waals surface area contributed by atoms with Crippen LogP contribution >= 0.6 is 11.3 Å². The van der Waals surface area contributed by atoms with Crippen LogP contribution in [0.5, 0.6) is 0 Å². The summed E-state index contributed by atoms with van der Waals surface area (Å²) in [5.74, 6) is 0.367.